The molecule has 0 atom stereocenters. The minimum Gasteiger partial charge on any atom is -0.351 e. The van der Waals surface area contributed by atoms with E-state index in [2.05, 4.69) is 58.2 Å². The van der Waals surface area contributed by atoms with Crippen LogP contribution in [0.1, 0.15) is 16.0 Å². The van der Waals surface area contributed by atoms with Gasteiger partial charge in [-0.25, -0.2) is 4.98 Å². The summed E-state index contributed by atoms with van der Waals surface area (Å²) in [5, 5.41) is 2.10. The summed E-state index contributed by atoms with van der Waals surface area (Å²) < 4.78 is 0. The van der Waals surface area contributed by atoms with Gasteiger partial charge >= 0.3 is 0 Å². The topological polar surface area (TPSA) is 29.0 Å². The van der Waals surface area contributed by atoms with Gasteiger partial charge < -0.3 is 4.90 Å². The zero-order valence-corrected chi connectivity index (χ0v) is 17.6. The van der Waals surface area contributed by atoms with E-state index in [-0.39, 0.29) is 0 Å². The third-order valence-corrected chi connectivity index (χ3v) is 6.66. The second-order valence-electron chi connectivity index (χ2n) is 6.98. The summed E-state index contributed by atoms with van der Waals surface area (Å²) in [7, 11) is 0. The van der Waals surface area contributed by atoms with E-state index in [4.69, 9.17) is 23.2 Å². The standard InChI is InChI=1S/C22H17Cl2N3S/c1-13-18(15-6-8-17(23)9-7-15)19-20(25-22(24)26-21(19)28-13)27-11-10-14-4-2-3-5-16(14)12-27/h2-9H,10-12H2,1H3. The van der Waals surface area contributed by atoms with Crippen molar-refractivity contribution >= 4 is 50.6 Å². The van der Waals surface area contributed by atoms with E-state index >= 15 is 0 Å². The van der Waals surface area contributed by atoms with Gasteiger partial charge in [0.05, 0.1) is 5.39 Å². The van der Waals surface area contributed by atoms with Crippen molar-refractivity contribution in [3.63, 3.8) is 0 Å². The minimum atomic E-state index is 0.297. The van der Waals surface area contributed by atoms with Crippen molar-refractivity contribution in [2.24, 2.45) is 0 Å². The van der Waals surface area contributed by atoms with E-state index in [1.165, 1.54) is 21.6 Å². The molecule has 2 aromatic carbocycles. The van der Waals surface area contributed by atoms with Crippen molar-refractivity contribution in [2.75, 3.05) is 11.4 Å². The maximum absolute atomic E-state index is 6.31. The summed E-state index contributed by atoms with van der Waals surface area (Å²) in [6, 6.07) is 16.6. The number of hydrogen-bond acceptors (Lipinski definition) is 4. The number of aryl methyl sites for hydroxylation is 1. The Balaban J connectivity index is 1.70. The number of rotatable bonds is 2. The van der Waals surface area contributed by atoms with Gasteiger partial charge in [0.1, 0.15) is 10.6 Å². The first-order valence-corrected chi connectivity index (χ1v) is 10.7. The Labute approximate surface area is 177 Å². The zero-order valence-electron chi connectivity index (χ0n) is 15.2. The molecule has 0 aliphatic carbocycles. The number of aromatic nitrogens is 2. The van der Waals surface area contributed by atoms with Crippen LogP contribution in [0.2, 0.25) is 10.3 Å². The Morgan fingerprint density at radius 2 is 1.71 bits per heavy atom. The van der Waals surface area contributed by atoms with E-state index in [0.717, 1.165) is 46.1 Å². The van der Waals surface area contributed by atoms with Crippen LogP contribution in [0, 0.1) is 6.92 Å². The average molecular weight is 426 g/mol. The molecular weight excluding hydrogens is 409 g/mol. The molecule has 0 amide bonds. The minimum absolute atomic E-state index is 0.297. The number of halogens is 2. The molecule has 0 N–H and O–H groups in total. The van der Waals surface area contributed by atoms with Gasteiger partial charge in [-0.3, -0.25) is 0 Å². The molecule has 6 heteroatoms. The van der Waals surface area contributed by atoms with Gasteiger partial charge in [-0.15, -0.1) is 11.3 Å². The molecule has 3 heterocycles. The molecule has 3 nitrogen and oxygen atoms in total. The SMILES string of the molecule is Cc1sc2nc(Cl)nc(N3CCc4ccccc4C3)c2c1-c1ccc(Cl)cc1. The largest absolute Gasteiger partial charge is 0.351 e. The molecule has 0 spiro atoms. The van der Waals surface area contributed by atoms with Crippen LogP contribution in [0.25, 0.3) is 21.3 Å². The third kappa shape index (κ3) is 3.06. The number of hydrogen-bond donors (Lipinski definition) is 0. The van der Waals surface area contributed by atoms with Crippen LogP contribution in [-0.2, 0) is 13.0 Å². The average Bonchev–Trinajstić information content (AvgIpc) is 3.03. The zero-order chi connectivity index (χ0) is 19.3. The van der Waals surface area contributed by atoms with Gasteiger partial charge in [0, 0.05) is 28.6 Å². The van der Waals surface area contributed by atoms with Crippen molar-refractivity contribution in [1.82, 2.24) is 9.97 Å². The molecule has 0 fully saturated rings. The lowest BCUT2D eigenvalue weighted by Crippen LogP contribution is -2.31. The van der Waals surface area contributed by atoms with Gasteiger partial charge in [0.25, 0.3) is 0 Å². The highest BCUT2D eigenvalue weighted by Crippen LogP contribution is 2.43. The van der Waals surface area contributed by atoms with Crippen molar-refractivity contribution in [3.8, 4) is 11.1 Å². The lowest BCUT2D eigenvalue weighted by atomic mass is 9.99. The number of benzene rings is 2. The van der Waals surface area contributed by atoms with Gasteiger partial charge in [-0.1, -0.05) is 48.0 Å². The maximum Gasteiger partial charge on any atom is 0.225 e. The molecule has 0 unspecified atom stereocenters. The molecule has 0 radical (unpaired) electrons. The van der Waals surface area contributed by atoms with Crippen molar-refractivity contribution in [3.05, 3.63) is 74.8 Å². The molecule has 140 valence electrons. The molecule has 2 aromatic heterocycles. The van der Waals surface area contributed by atoms with Crippen LogP contribution in [0.5, 0.6) is 0 Å². The molecule has 0 saturated carbocycles. The van der Waals surface area contributed by atoms with E-state index in [1.54, 1.807) is 11.3 Å². The van der Waals surface area contributed by atoms with E-state index < -0.39 is 0 Å². The molecular formula is C22H17Cl2N3S. The quantitative estimate of drug-likeness (QED) is 0.341. The normalized spacial score (nSPS) is 13.8. The smallest absolute Gasteiger partial charge is 0.225 e. The lowest BCUT2D eigenvalue weighted by molar-refractivity contribution is 0.723. The summed E-state index contributed by atoms with van der Waals surface area (Å²) in [5.74, 6) is 0.916. The molecule has 0 saturated heterocycles. The highest BCUT2D eigenvalue weighted by Gasteiger charge is 2.24. The number of thiophene rings is 1. The second-order valence-corrected chi connectivity index (χ2v) is 8.95. The number of anilines is 1. The van der Waals surface area contributed by atoms with Crippen molar-refractivity contribution in [2.45, 2.75) is 19.9 Å². The number of fused-ring (bicyclic) bond motifs is 2. The molecule has 4 aromatic rings. The first-order valence-electron chi connectivity index (χ1n) is 9.14. The lowest BCUT2D eigenvalue weighted by Gasteiger charge is -2.30. The summed E-state index contributed by atoms with van der Waals surface area (Å²) in [6.45, 7) is 3.86. The fourth-order valence-electron chi connectivity index (χ4n) is 3.94. The Morgan fingerprint density at radius 3 is 2.50 bits per heavy atom. The Morgan fingerprint density at radius 1 is 0.964 bits per heavy atom. The first kappa shape index (κ1) is 17.9. The summed E-state index contributed by atoms with van der Waals surface area (Å²) >= 11 is 14.1. The van der Waals surface area contributed by atoms with Crippen LogP contribution >= 0.6 is 34.5 Å². The number of nitrogens with zero attached hydrogens (tertiary/aromatic N) is 3. The third-order valence-electron chi connectivity index (χ3n) is 5.24. The summed E-state index contributed by atoms with van der Waals surface area (Å²) in [5.41, 5.74) is 5.05. The van der Waals surface area contributed by atoms with E-state index in [9.17, 15) is 0 Å². The van der Waals surface area contributed by atoms with Crippen LogP contribution in [0.15, 0.2) is 48.5 Å². The summed E-state index contributed by atoms with van der Waals surface area (Å²) in [6.07, 6.45) is 0.999. The van der Waals surface area contributed by atoms with Crippen LogP contribution < -0.4 is 4.90 Å². The molecule has 1 aliphatic heterocycles. The van der Waals surface area contributed by atoms with Crippen molar-refractivity contribution in [1.29, 1.82) is 0 Å². The predicted molar refractivity (Wildman–Crippen MR) is 119 cm³/mol. The highest BCUT2D eigenvalue weighted by molar-refractivity contribution is 7.19. The van der Waals surface area contributed by atoms with Gasteiger partial charge in [-0.2, -0.15) is 4.98 Å². The second kappa shape index (κ2) is 7.03. The monoisotopic (exact) mass is 425 g/mol. The highest BCUT2D eigenvalue weighted by atomic mass is 35.5. The van der Waals surface area contributed by atoms with Gasteiger partial charge in [0.15, 0.2) is 0 Å². The molecule has 5 rings (SSSR count). The molecule has 1 aliphatic rings. The Hall–Kier alpha value is -2.14. The Bertz CT molecular complexity index is 1180. The fourth-order valence-corrected chi connectivity index (χ4v) is 5.32. The first-order chi connectivity index (χ1) is 13.6. The van der Waals surface area contributed by atoms with Crippen LogP contribution in [-0.4, -0.2) is 16.5 Å². The van der Waals surface area contributed by atoms with Gasteiger partial charge in [0.2, 0.25) is 5.28 Å². The molecule has 28 heavy (non-hydrogen) atoms. The molecule has 0 bridgehead atoms. The van der Waals surface area contributed by atoms with Crippen LogP contribution in [0.4, 0.5) is 5.82 Å². The predicted octanol–water partition coefficient (Wildman–Crippen LogP) is 6.54. The van der Waals surface area contributed by atoms with E-state index in [1.807, 2.05) is 12.1 Å². The van der Waals surface area contributed by atoms with Gasteiger partial charge in [-0.05, 0) is 53.8 Å². The van der Waals surface area contributed by atoms with E-state index in [0.29, 0.717) is 5.28 Å². The Kier molecular flexibility index (Phi) is 4.50. The summed E-state index contributed by atoms with van der Waals surface area (Å²) in [4.78, 5) is 13.6. The van der Waals surface area contributed by atoms with Crippen LogP contribution in [0.3, 0.4) is 0 Å². The van der Waals surface area contributed by atoms with Crippen molar-refractivity contribution < 1.29 is 0 Å². The maximum atomic E-state index is 6.31. The fraction of sp³-hybridized carbons (Fsp3) is 0.182.